The van der Waals surface area contributed by atoms with Crippen LogP contribution in [0.2, 0.25) is 0 Å². The molecule has 0 rings (SSSR count). The Morgan fingerprint density at radius 2 is 1.07 bits per heavy atom. The minimum absolute atomic E-state index is 0.290. The highest BCUT2D eigenvalue weighted by molar-refractivity contribution is 7.85. The van der Waals surface area contributed by atoms with Gasteiger partial charge in [0.2, 0.25) is 5.91 Å². The van der Waals surface area contributed by atoms with Crippen LogP contribution in [0.25, 0.3) is 0 Å². The van der Waals surface area contributed by atoms with Crippen LogP contribution in [0.5, 0.6) is 0 Å². The van der Waals surface area contributed by atoms with Crippen molar-refractivity contribution in [2.75, 3.05) is 5.75 Å². The van der Waals surface area contributed by atoms with E-state index in [9.17, 15) is 22.9 Å². The van der Waals surface area contributed by atoms with Gasteiger partial charge in [-0.05, 0) is 32.1 Å². The van der Waals surface area contributed by atoms with E-state index in [1.54, 1.807) is 6.08 Å². The second-order valence-electron chi connectivity index (χ2n) is 11.4. The first-order valence-corrected chi connectivity index (χ1v) is 18.1. The van der Waals surface area contributed by atoms with Gasteiger partial charge >= 0.3 is 0 Å². The van der Waals surface area contributed by atoms with Gasteiger partial charge in [0.05, 0.1) is 17.9 Å². The lowest BCUT2D eigenvalue weighted by Crippen LogP contribution is -2.46. The SMILES string of the molecule is CCCCCC/C=C/CC/C=C/C(O)C(CS(=O)(=O)O)NC(=O)CCCCCCCCCCCCCCCCC. The Kier molecular flexibility index (Phi) is 27.1. The minimum Gasteiger partial charge on any atom is -0.387 e. The number of allylic oxidation sites excluding steroid dienone is 3. The summed E-state index contributed by atoms with van der Waals surface area (Å²) in [6.45, 7) is 4.45. The summed E-state index contributed by atoms with van der Waals surface area (Å²) < 4.78 is 32.2. The van der Waals surface area contributed by atoms with E-state index in [1.807, 2.05) is 0 Å². The van der Waals surface area contributed by atoms with Crippen molar-refractivity contribution >= 4 is 16.0 Å². The number of unbranched alkanes of at least 4 members (excludes halogenated alkanes) is 19. The lowest BCUT2D eigenvalue weighted by molar-refractivity contribution is -0.122. The third-order valence-electron chi connectivity index (χ3n) is 7.38. The summed E-state index contributed by atoms with van der Waals surface area (Å²) in [6.07, 6.45) is 33.1. The fourth-order valence-corrected chi connectivity index (χ4v) is 5.61. The van der Waals surface area contributed by atoms with Crippen molar-refractivity contribution in [2.24, 2.45) is 0 Å². The third kappa shape index (κ3) is 28.4. The molecule has 40 heavy (non-hydrogen) atoms. The molecular formula is C33H63NO5S. The number of carbonyl (C=O) groups is 1. The fraction of sp³-hybridized carbons (Fsp3) is 0.848. The van der Waals surface area contributed by atoms with Crippen LogP contribution in [-0.4, -0.2) is 41.9 Å². The molecule has 3 N–H and O–H groups in total. The van der Waals surface area contributed by atoms with Crippen molar-refractivity contribution in [3.63, 3.8) is 0 Å². The zero-order chi connectivity index (χ0) is 29.7. The summed E-state index contributed by atoms with van der Waals surface area (Å²) in [5, 5.41) is 13.1. The summed E-state index contributed by atoms with van der Waals surface area (Å²) in [7, 11) is -4.34. The van der Waals surface area contributed by atoms with Crippen molar-refractivity contribution in [1.82, 2.24) is 5.32 Å². The molecule has 0 aliphatic heterocycles. The van der Waals surface area contributed by atoms with Crippen LogP contribution in [0.4, 0.5) is 0 Å². The number of carbonyl (C=O) groups excluding carboxylic acids is 1. The molecule has 0 saturated carbocycles. The summed E-state index contributed by atoms with van der Waals surface area (Å²) in [5.41, 5.74) is 0. The van der Waals surface area contributed by atoms with Gasteiger partial charge in [0.15, 0.2) is 0 Å². The predicted octanol–water partition coefficient (Wildman–Crippen LogP) is 8.84. The molecule has 0 aromatic heterocycles. The first-order chi connectivity index (χ1) is 19.3. The average molecular weight is 586 g/mol. The first-order valence-electron chi connectivity index (χ1n) is 16.5. The van der Waals surface area contributed by atoms with Crippen LogP contribution in [0.3, 0.4) is 0 Å². The van der Waals surface area contributed by atoms with Gasteiger partial charge in [0, 0.05) is 6.42 Å². The summed E-state index contributed by atoms with van der Waals surface area (Å²) in [4.78, 5) is 12.4. The number of nitrogens with one attached hydrogen (secondary N) is 1. The maximum absolute atomic E-state index is 12.4. The average Bonchev–Trinajstić information content (AvgIpc) is 2.90. The van der Waals surface area contributed by atoms with E-state index in [-0.39, 0.29) is 5.91 Å². The zero-order valence-corrected chi connectivity index (χ0v) is 26.8. The van der Waals surface area contributed by atoms with E-state index in [0.717, 1.165) is 32.1 Å². The molecule has 7 heteroatoms. The molecule has 2 atom stereocenters. The molecule has 0 aliphatic carbocycles. The normalized spacial score (nSPS) is 13.8. The van der Waals surface area contributed by atoms with Crippen LogP contribution in [-0.2, 0) is 14.9 Å². The smallest absolute Gasteiger partial charge is 0.267 e. The quantitative estimate of drug-likeness (QED) is 0.0462. The molecule has 0 heterocycles. The summed E-state index contributed by atoms with van der Waals surface area (Å²) in [6, 6.07) is -1.07. The first kappa shape index (κ1) is 38.8. The maximum Gasteiger partial charge on any atom is 0.267 e. The van der Waals surface area contributed by atoms with Crippen molar-refractivity contribution in [1.29, 1.82) is 0 Å². The second kappa shape index (κ2) is 28.0. The van der Waals surface area contributed by atoms with Crippen molar-refractivity contribution in [3.8, 4) is 0 Å². The van der Waals surface area contributed by atoms with Gasteiger partial charge in [-0.2, -0.15) is 8.42 Å². The molecule has 6 nitrogen and oxygen atoms in total. The molecule has 2 unspecified atom stereocenters. The molecule has 0 spiro atoms. The lowest BCUT2D eigenvalue weighted by Gasteiger charge is -2.21. The Bertz CT molecular complexity index is 735. The van der Waals surface area contributed by atoms with Gasteiger partial charge in [-0.3, -0.25) is 9.35 Å². The predicted molar refractivity (Wildman–Crippen MR) is 170 cm³/mol. The van der Waals surface area contributed by atoms with E-state index in [4.69, 9.17) is 0 Å². The van der Waals surface area contributed by atoms with E-state index in [1.165, 1.54) is 109 Å². The Balaban J connectivity index is 4.03. The molecule has 0 aromatic carbocycles. The Hall–Kier alpha value is -1.18. The van der Waals surface area contributed by atoms with E-state index >= 15 is 0 Å². The van der Waals surface area contributed by atoms with E-state index in [0.29, 0.717) is 12.8 Å². The Morgan fingerprint density at radius 3 is 1.57 bits per heavy atom. The number of aliphatic hydroxyl groups excluding tert-OH is 1. The van der Waals surface area contributed by atoms with Crippen molar-refractivity contribution in [3.05, 3.63) is 24.3 Å². The van der Waals surface area contributed by atoms with Crippen molar-refractivity contribution < 1.29 is 22.9 Å². The van der Waals surface area contributed by atoms with Crippen molar-refractivity contribution in [2.45, 2.75) is 174 Å². The molecule has 0 aliphatic rings. The minimum atomic E-state index is -4.34. The molecular weight excluding hydrogens is 522 g/mol. The van der Waals surface area contributed by atoms with Gasteiger partial charge in [0.1, 0.15) is 0 Å². The third-order valence-corrected chi connectivity index (χ3v) is 8.16. The second-order valence-corrected chi connectivity index (χ2v) is 12.9. The summed E-state index contributed by atoms with van der Waals surface area (Å²) >= 11 is 0. The number of aliphatic hydroxyl groups is 1. The van der Waals surface area contributed by atoms with Crippen LogP contribution in [0.1, 0.15) is 162 Å². The monoisotopic (exact) mass is 585 g/mol. The molecule has 1 amide bonds. The largest absolute Gasteiger partial charge is 0.387 e. The van der Waals surface area contributed by atoms with Crippen LogP contribution < -0.4 is 5.32 Å². The van der Waals surface area contributed by atoms with Crippen LogP contribution in [0, 0.1) is 0 Å². The molecule has 0 radical (unpaired) electrons. The number of amides is 1. The molecule has 0 saturated heterocycles. The molecule has 0 fully saturated rings. The summed E-state index contributed by atoms with van der Waals surface area (Å²) in [5.74, 6) is -0.998. The maximum atomic E-state index is 12.4. The number of rotatable bonds is 29. The van der Waals surface area contributed by atoms with Gasteiger partial charge in [-0.25, -0.2) is 0 Å². The van der Waals surface area contributed by atoms with E-state index < -0.39 is 28.0 Å². The molecule has 0 aromatic rings. The zero-order valence-electron chi connectivity index (χ0n) is 26.0. The van der Waals surface area contributed by atoms with Crippen LogP contribution >= 0.6 is 0 Å². The van der Waals surface area contributed by atoms with Crippen LogP contribution in [0.15, 0.2) is 24.3 Å². The van der Waals surface area contributed by atoms with Gasteiger partial charge < -0.3 is 10.4 Å². The highest BCUT2D eigenvalue weighted by Gasteiger charge is 2.24. The number of hydrogen-bond acceptors (Lipinski definition) is 4. The Labute approximate surface area is 247 Å². The standard InChI is InChI=1S/C33H63NO5S/c1-3-5-7-9-11-13-15-16-17-18-19-21-23-25-27-29-33(36)34-31(30-40(37,38)39)32(35)28-26-24-22-20-14-12-10-8-6-4-2/h14,20,26,28,31-32,35H,3-13,15-19,21-25,27,29-30H2,1-2H3,(H,34,36)(H,37,38,39)/b20-14+,28-26+. The van der Waals surface area contributed by atoms with Gasteiger partial charge in [-0.1, -0.05) is 147 Å². The lowest BCUT2D eigenvalue weighted by atomic mass is 10.0. The fourth-order valence-electron chi connectivity index (χ4n) is 4.88. The Morgan fingerprint density at radius 1 is 0.650 bits per heavy atom. The highest BCUT2D eigenvalue weighted by Crippen LogP contribution is 2.14. The number of hydrogen-bond donors (Lipinski definition) is 3. The van der Waals surface area contributed by atoms with E-state index in [2.05, 4.69) is 31.3 Å². The highest BCUT2D eigenvalue weighted by atomic mass is 32.2. The molecule has 0 bridgehead atoms. The molecule has 236 valence electrons. The topological polar surface area (TPSA) is 104 Å². The van der Waals surface area contributed by atoms with Gasteiger partial charge in [-0.15, -0.1) is 0 Å². The van der Waals surface area contributed by atoms with Gasteiger partial charge in [0.25, 0.3) is 10.1 Å².